The fraction of sp³-hybridized carbons (Fsp3) is 0.583. The third-order valence-electron chi connectivity index (χ3n) is 2.94. The number of hydrogen-bond donors (Lipinski definition) is 1. The molecule has 1 aliphatic rings. The van der Waals surface area contributed by atoms with Crippen molar-refractivity contribution in [3.8, 4) is 0 Å². The molecule has 0 unspecified atom stereocenters. The summed E-state index contributed by atoms with van der Waals surface area (Å²) in [5.74, 6) is 0. The molecule has 0 bridgehead atoms. The third kappa shape index (κ3) is 2.95. The molecule has 0 atom stereocenters. The summed E-state index contributed by atoms with van der Waals surface area (Å²) >= 11 is 1.99. The molecule has 0 amide bonds. The molecule has 0 aromatic carbocycles. The lowest BCUT2D eigenvalue weighted by Gasteiger charge is -2.12. The van der Waals surface area contributed by atoms with Gasteiger partial charge in [0.2, 0.25) is 0 Å². The standard InChI is InChI=1S/C12H18N2S/c1-10-4-3-5-11(14-10)8-13-9-12(15-2)6-7-12/h3-5,13H,6-9H2,1-2H3. The van der Waals surface area contributed by atoms with Crippen LogP contribution in [0.1, 0.15) is 24.2 Å². The number of pyridine rings is 1. The van der Waals surface area contributed by atoms with E-state index in [0.717, 1.165) is 24.5 Å². The van der Waals surface area contributed by atoms with Crippen LogP contribution in [0.2, 0.25) is 0 Å². The molecule has 15 heavy (non-hydrogen) atoms. The second kappa shape index (κ2) is 4.54. The van der Waals surface area contributed by atoms with E-state index in [4.69, 9.17) is 0 Å². The zero-order valence-corrected chi connectivity index (χ0v) is 10.2. The zero-order chi connectivity index (χ0) is 10.7. The van der Waals surface area contributed by atoms with Crippen molar-refractivity contribution in [2.75, 3.05) is 12.8 Å². The maximum absolute atomic E-state index is 4.47. The van der Waals surface area contributed by atoms with Crippen molar-refractivity contribution in [3.05, 3.63) is 29.6 Å². The monoisotopic (exact) mass is 222 g/mol. The lowest BCUT2D eigenvalue weighted by atomic mass is 10.3. The van der Waals surface area contributed by atoms with E-state index in [-0.39, 0.29) is 0 Å². The minimum absolute atomic E-state index is 0.545. The van der Waals surface area contributed by atoms with Gasteiger partial charge in [-0.05, 0) is 38.2 Å². The molecule has 82 valence electrons. The first-order valence-electron chi connectivity index (χ1n) is 5.42. The van der Waals surface area contributed by atoms with Gasteiger partial charge in [0.1, 0.15) is 0 Å². The van der Waals surface area contributed by atoms with Gasteiger partial charge in [-0.2, -0.15) is 11.8 Å². The molecule has 1 saturated carbocycles. The Morgan fingerprint density at radius 3 is 2.87 bits per heavy atom. The SMILES string of the molecule is CSC1(CNCc2cccc(C)n2)CC1. The Morgan fingerprint density at radius 2 is 2.27 bits per heavy atom. The lowest BCUT2D eigenvalue weighted by Crippen LogP contribution is -2.25. The molecule has 1 N–H and O–H groups in total. The second-order valence-corrected chi connectivity index (χ2v) is 5.54. The minimum atomic E-state index is 0.545. The molecule has 1 aromatic rings. The number of aryl methyl sites for hydroxylation is 1. The smallest absolute Gasteiger partial charge is 0.0544 e. The highest BCUT2D eigenvalue weighted by atomic mass is 32.2. The Hall–Kier alpha value is -0.540. The van der Waals surface area contributed by atoms with Crippen LogP contribution in [0.4, 0.5) is 0 Å². The summed E-state index contributed by atoms with van der Waals surface area (Å²) in [4.78, 5) is 4.47. The predicted octanol–water partition coefficient (Wildman–Crippen LogP) is 2.38. The highest BCUT2D eigenvalue weighted by Gasteiger charge is 2.41. The largest absolute Gasteiger partial charge is 0.310 e. The van der Waals surface area contributed by atoms with Crippen molar-refractivity contribution < 1.29 is 0 Å². The quantitative estimate of drug-likeness (QED) is 0.828. The normalized spacial score (nSPS) is 17.7. The topological polar surface area (TPSA) is 24.9 Å². The van der Waals surface area contributed by atoms with Crippen molar-refractivity contribution in [2.24, 2.45) is 0 Å². The summed E-state index contributed by atoms with van der Waals surface area (Å²) in [5, 5.41) is 3.50. The van der Waals surface area contributed by atoms with Crippen molar-refractivity contribution in [2.45, 2.75) is 31.1 Å². The summed E-state index contributed by atoms with van der Waals surface area (Å²) < 4.78 is 0.545. The summed E-state index contributed by atoms with van der Waals surface area (Å²) in [7, 11) is 0. The van der Waals surface area contributed by atoms with E-state index in [1.807, 2.05) is 24.8 Å². The third-order valence-corrected chi connectivity index (χ3v) is 4.36. The summed E-state index contributed by atoms with van der Waals surface area (Å²) in [6, 6.07) is 6.19. The number of nitrogens with zero attached hydrogens (tertiary/aromatic N) is 1. The van der Waals surface area contributed by atoms with Gasteiger partial charge in [-0.3, -0.25) is 4.98 Å². The number of nitrogens with one attached hydrogen (secondary N) is 1. The molecule has 0 aliphatic heterocycles. The van der Waals surface area contributed by atoms with Crippen LogP contribution in [0.5, 0.6) is 0 Å². The molecular weight excluding hydrogens is 204 g/mol. The number of rotatable bonds is 5. The van der Waals surface area contributed by atoms with Crippen LogP contribution in [0.3, 0.4) is 0 Å². The fourth-order valence-corrected chi connectivity index (χ4v) is 2.47. The molecule has 0 spiro atoms. The van der Waals surface area contributed by atoms with Crippen LogP contribution in [-0.4, -0.2) is 22.5 Å². The first-order valence-corrected chi connectivity index (χ1v) is 6.65. The van der Waals surface area contributed by atoms with Gasteiger partial charge in [0.25, 0.3) is 0 Å². The van der Waals surface area contributed by atoms with Crippen LogP contribution in [0.25, 0.3) is 0 Å². The minimum Gasteiger partial charge on any atom is -0.310 e. The lowest BCUT2D eigenvalue weighted by molar-refractivity contribution is 0.652. The van der Waals surface area contributed by atoms with Crippen LogP contribution in [-0.2, 0) is 6.54 Å². The molecule has 0 saturated heterocycles. The van der Waals surface area contributed by atoms with Gasteiger partial charge in [-0.1, -0.05) is 6.07 Å². The molecule has 1 heterocycles. The van der Waals surface area contributed by atoms with E-state index in [0.29, 0.717) is 4.75 Å². The van der Waals surface area contributed by atoms with Crippen molar-refractivity contribution in [3.63, 3.8) is 0 Å². The molecule has 3 heteroatoms. The highest BCUT2D eigenvalue weighted by Crippen LogP contribution is 2.46. The van der Waals surface area contributed by atoms with E-state index >= 15 is 0 Å². The Bertz CT molecular complexity index is 334. The number of thioether (sulfide) groups is 1. The van der Waals surface area contributed by atoms with Crippen LogP contribution < -0.4 is 5.32 Å². The second-order valence-electron chi connectivity index (χ2n) is 4.26. The van der Waals surface area contributed by atoms with Gasteiger partial charge in [-0.25, -0.2) is 0 Å². The Labute approximate surface area is 95.9 Å². The number of hydrogen-bond acceptors (Lipinski definition) is 3. The Morgan fingerprint density at radius 1 is 1.47 bits per heavy atom. The molecular formula is C12H18N2S. The average molecular weight is 222 g/mol. The van der Waals surface area contributed by atoms with E-state index in [1.54, 1.807) is 0 Å². The highest BCUT2D eigenvalue weighted by molar-refractivity contribution is 8.00. The van der Waals surface area contributed by atoms with Gasteiger partial charge >= 0.3 is 0 Å². The maximum atomic E-state index is 4.47. The van der Waals surface area contributed by atoms with Gasteiger partial charge < -0.3 is 5.32 Å². The molecule has 1 fully saturated rings. The van der Waals surface area contributed by atoms with Crippen LogP contribution in [0, 0.1) is 6.92 Å². The summed E-state index contributed by atoms with van der Waals surface area (Å²) in [6.45, 7) is 4.04. The fourth-order valence-electron chi connectivity index (χ4n) is 1.71. The number of aromatic nitrogens is 1. The molecule has 1 aromatic heterocycles. The first-order chi connectivity index (χ1) is 7.24. The first kappa shape index (κ1) is 11.0. The molecule has 2 rings (SSSR count). The molecule has 1 aliphatic carbocycles. The van der Waals surface area contributed by atoms with Gasteiger partial charge in [-0.15, -0.1) is 0 Å². The van der Waals surface area contributed by atoms with Gasteiger partial charge in [0, 0.05) is 23.5 Å². The van der Waals surface area contributed by atoms with Crippen LogP contribution >= 0.6 is 11.8 Å². The Balaban J connectivity index is 1.78. The van der Waals surface area contributed by atoms with Crippen molar-refractivity contribution in [1.29, 1.82) is 0 Å². The van der Waals surface area contributed by atoms with Gasteiger partial charge in [0.15, 0.2) is 0 Å². The summed E-state index contributed by atoms with van der Waals surface area (Å²) in [6.07, 6.45) is 4.93. The van der Waals surface area contributed by atoms with Gasteiger partial charge in [0.05, 0.1) is 5.69 Å². The van der Waals surface area contributed by atoms with Crippen LogP contribution in [0.15, 0.2) is 18.2 Å². The van der Waals surface area contributed by atoms with E-state index in [9.17, 15) is 0 Å². The average Bonchev–Trinajstić information content (AvgIpc) is 2.99. The van der Waals surface area contributed by atoms with Crippen molar-refractivity contribution in [1.82, 2.24) is 10.3 Å². The van der Waals surface area contributed by atoms with E-state index in [1.165, 1.54) is 12.8 Å². The summed E-state index contributed by atoms with van der Waals surface area (Å²) in [5.41, 5.74) is 2.24. The Kier molecular flexibility index (Phi) is 3.32. The van der Waals surface area contributed by atoms with Crippen molar-refractivity contribution >= 4 is 11.8 Å². The van der Waals surface area contributed by atoms with E-state index < -0.39 is 0 Å². The zero-order valence-electron chi connectivity index (χ0n) is 9.42. The molecule has 2 nitrogen and oxygen atoms in total. The molecule has 0 radical (unpaired) electrons. The predicted molar refractivity (Wildman–Crippen MR) is 66.2 cm³/mol. The maximum Gasteiger partial charge on any atom is 0.0544 e. The van der Waals surface area contributed by atoms with E-state index in [2.05, 4.69) is 28.7 Å².